The highest BCUT2D eigenvalue weighted by Crippen LogP contribution is 2.21. The summed E-state index contributed by atoms with van der Waals surface area (Å²) in [6, 6.07) is 62.8. The Kier molecular flexibility index (Phi) is 74.1. The first-order valence-electron chi connectivity index (χ1n) is 52.2. The molecule has 0 bridgehead atoms. The molecule has 0 N–H and O–H groups in total. The average Bonchev–Trinajstić information content (AvgIpc) is 0.867. The number of benzene rings is 8. The topological polar surface area (TPSA) is 290 Å². The number of thioether (sulfide) groups is 1. The summed E-state index contributed by atoms with van der Waals surface area (Å²) < 4.78 is 66.6. The molecule has 8 aromatic rings. The normalized spacial score (nSPS) is 11.0. The molecule has 8 aromatic carbocycles. The summed E-state index contributed by atoms with van der Waals surface area (Å²) >= 11 is 10.2. The van der Waals surface area contributed by atoms with Crippen LogP contribution >= 0.6 is 37.0 Å². The third-order valence-electron chi connectivity index (χ3n) is 23.5. The zero-order valence-electron chi connectivity index (χ0n) is 87.2. The standard InChI is InChI=1S/C30H42O5S2.C30H42O5S.C30H42O5.C29H39NO7/c1-37-30-14-12-26(13-15-30)23-29(32)7-3-5-17-34-19-21-35-20-18-33-16-4-2-6-28(31)22-25-8-10-27(24-36)11-9-25;1-25-8-6-9-26(20-25)22-29(31)12-2-4-14-33-16-18-35-19-17-34-15-5-3-13-30(32)23-27-10-7-11-28(21-27)24-36;1-25-11-3-5-13-27(25)23-29(31)15-7-9-17-33-19-21-35-22-20-34-18-10-8-16-30(32)24-28-14-6-4-12-26(28)2;1-24-8-6-9-25(20-24)22-28(31)12-2-4-14-35-16-18-37-19-17-36-15-5-3-13-29(32)23-26-10-7-11-27(21-26)30(33)34/h8-15,36H,2-7,16-24H2,1H3;6-11,20-21,36H,2-5,12-19,22-24H2,1H3;3-6,11-14H,7-10,15-24H2,1-2H3;6-11,20-21H,2-5,12-19,22-23H2,1H3. The number of rotatable bonds is 84. The molecule has 0 aliphatic heterocycles. The summed E-state index contributed by atoms with van der Waals surface area (Å²) in [4.78, 5) is 108. The van der Waals surface area contributed by atoms with Crippen molar-refractivity contribution in [1.29, 1.82) is 0 Å². The molecule has 23 nitrogen and oxygen atoms in total. The molecule has 8 rings (SSSR count). The van der Waals surface area contributed by atoms with Crippen LogP contribution in [-0.2, 0) is 158 Å². The Balaban J connectivity index is 0.000000340. The Morgan fingerprint density at radius 3 is 0.738 bits per heavy atom. The van der Waals surface area contributed by atoms with Crippen LogP contribution in [0.2, 0.25) is 0 Å². The van der Waals surface area contributed by atoms with E-state index in [0.29, 0.717) is 272 Å². The van der Waals surface area contributed by atoms with Crippen molar-refractivity contribution in [2.45, 2.75) is 250 Å². The molecule has 0 unspecified atom stereocenters. The van der Waals surface area contributed by atoms with Crippen molar-refractivity contribution in [3.8, 4) is 0 Å². The summed E-state index contributed by atoms with van der Waals surface area (Å²) in [5.41, 5.74) is 15.3. The van der Waals surface area contributed by atoms with Crippen LogP contribution < -0.4 is 0 Å². The summed E-state index contributed by atoms with van der Waals surface area (Å²) in [5, 5.41) is 10.8. The average molecular weight is 2060 g/mol. The number of Topliss-reactive ketones (excluding diaryl/α,β-unsaturated/α-hetero) is 8. The van der Waals surface area contributed by atoms with Gasteiger partial charge in [0.1, 0.15) is 46.3 Å². The third-order valence-corrected chi connectivity index (χ3v) is 24.9. The SMILES string of the molecule is CSc1ccc(CC(=O)CCCCOCCOCCOCCCCC(=O)Cc2ccc(CS)cc2)cc1.Cc1cccc(CC(=O)CCCCOCCOCCOCCCCC(=O)Cc2cccc(CS)c2)c1.Cc1cccc(CC(=O)CCCCOCCOCCOCCCCC(=O)Cc2cccc([N+](=O)[O-])c2)c1.Cc1ccccc1CC(=O)CCCCOCCOCCOCCCCC(=O)Cc1ccccc1C. The van der Waals surface area contributed by atoms with Crippen LogP contribution in [0.15, 0.2) is 199 Å². The van der Waals surface area contributed by atoms with Gasteiger partial charge in [-0.1, -0.05) is 181 Å². The van der Waals surface area contributed by atoms with Gasteiger partial charge in [0.05, 0.1) is 111 Å². The van der Waals surface area contributed by atoms with E-state index in [4.69, 9.17) is 56.8 Å². The van der Waals surface area contributed by atoms with Crippen LogP contribution in [0.5, 0.6) is 0 Å². The Hall–Kier alpha value is -8.91. The van der Waals surface area contributed by atoms with Gasteiger partial charge in [-0.3, -0.25) is 48.5 Å². The number of nitro benzene ring substituents is 1. The number of ether oxygens (including phenoxy) is 12. The zero-order valence-corrected chi connectivity index (χ0v) is 89.8. The van der Waals surface area contributed by atoms with Crippen LogP contribution in [0.3, 0.4) is 0 Å². The van der Waals surface area contributed by atoms with Gasteiger partial charge >= 0.3 is 0 Å². The molecule has 145 heavy (non-hydrogen) atoms. The maximum absolute atomic E-state index is 12.1. The lowest BCUT2D eigenvalue weighted by Crippen LogP contribution is -2.11. The van der Waals surface area contributed by atoms with Gasteiger partial charge in [0.15, 0.2) is 0 Å². The van der Waals surface area contributed by atoms with Crippen LogP contribution in [0.1, 0.15) is 232 Å². The summed E-state index contributed by atoms with van der Waals surface area (Å²) in [6.07, 6.45) is 24.0. The van der Waals surface area contributed by atoms with Crippen LogP contribution in [0.4, 0.5) is 5.69 Å². The molecular formula is C119H165NO22S3. The second-order valence-electron chi connectivity index (χ2n) is 36.3. The van der Waals surface area contributed by atoms with Crippen molar-refractivity contribution >= 4 is 89.0 Å². The fourth-order valence-electron chi connectivity index (χ4n) is 15.3. The number of carbonyl (C=O) groups is 8. The van der Waals surface area contributed by atoms with Crippen molar-refractivity contribution in [2.75, 3.05) is 165 Å². The van der Waals surface area contributed by atoms with Gasteiger partial charge in [0.2, 0.25) is 0 Å². The van der Waals surface area contributed by atoms with Crippen LogP contribution in [-0.4, -0.2) is 216 Å². The number of nitrogens with zero attached hydrogens (tertiary/aromatic N) is 1. The lowest BCUT2D eigenvalue weighted by molar-refractivity contribution is -0.384. The van der Waals surface area contributed by atoms with E-state index in [0.717, 1.165) is 153 Å². The number of non-ortho nitro benzene ring substituents is 1. The van der Waals surface area contributed by atoms with Gasteiger partial charge in [-0.25, -0.2) is 0 Å². The largest absolute Gasteiger partial charge is 0.379 e. The Bertz CT molecular complexity index is 4690. The maximum Gasteiger partial charge on any atom is 0.269 e. The molecule has 0 saturated heterocycles. The molecule has 0 fully saturated rings. The van der Waals surface area contributed by atoms with Gasteiger partial charge < -0.3 is 56.8 Å². The van der Waals surface area contributed by atoms with Gasteiger partial charge in [0, 0.05) is 184 Å². The maximum atomic E-state index is 12.1. The highest BCUT2D eigenvalue weighted by molar-refractivity contribution is 7.98. The van der Waals surface area contributed by atoms with E-state index in [1.54, 1.807) is 23.9 Å². The predicted molar refractivity (Wildman–Crippen MR) is 585 cm³/mol. The van der Waals surface area contributed by atoms with Crippen molar-refractivity contribution in [2.24, 2.45) is 0 Å². The van der Waals surface area contributed by atoms with Crippen molar-refractivity contribution in [3.63, 3.8) is 0 Å². The summed E-state index contributed by atoms with van der Waals surface area (Å²) in [5.74, 6) is 3.41. The third kappa shape index (κ3) is 68.4. The zero-order chi connectivity index (χ0) is 104. The van der Waals surface area contributed by atoms with Crippen LogP contribution in [0, 0.1) is 37.8 Å². The van der Waals surface area contributed by atoms with E-state index >= 15 is 0 Å². The van der Waals surface area contributed by atoms with E-state index in [-0.39, 0.29) is 58.4 Å². The first-order chi connectivity index (χ1) is 70.7. The highest BCUT2D eigenvalue weighted by Gasteiger charge is 2.15. The van der Waals surface area contributed by atoms with E-state index in [1.165, 1.54) is 39.3 Å². The minimum absolute atomic E-state index is 0.00497. The molecule has 0 aliphatic rings. The van der Waals surface area contributed by atoms with Gasteiger partial charge in [-0.2, -0.15) is 25.3 Å². The summed E-state index contributed by atoms with van der Waals surface area (Å²) in [7, 11) is 0. The number of unbranched alkanes of at least 4 members (excludes halogenated alkanes) is 8. The number of ketones is 8. The number of hydrogen-bond donors (Lipinski definition) is 2. The second-order valence-corrected chi connectivity index (χ2v) is 37.8. The smallest absolute Gasteiger partial charge is 0.269 e. The fourth-order valence-corrected chi connectivity index (χ4v) is 16.1. The molecule has 0 atom stereocenters. The summed E-state index contributed by atoms with van der Waals surface area (Å²) in [6.45, 7) is 21.8. The molecule has 0 spiro atoms. The Labute approximate surface area is 880 Å². The van der Waals surface area contributed by atoms with E-state index in [1.807, 2.05) is 173 Å². The lowest BCUT2D eigenvalue weighted by Gasteiger charge is -2.08. The van der Waals surface area contributed by atoms with E-state index < -0.39 is 4.92 Å². The molecule has 0 aliphatic carbocycles. The molecular weight excluding hydrogens is 1890 g/mol. The molecule has 0 aromatic heterocycles. The van der Waals surface area contributed by atoms with Crippen molar-refractivity contribution in [3.05, 3.63) is 282 Å². The molecule has 796 valence electrons. The van der Waals surface area contributed by atoms with Crippen molar-refractivity contribution < 1.29 is 100 Å². The molecule has 0 saturated carbocycles. The van der Waals surface area contributed by atoms with Gasteiger partial charge in [0.25, 0.3) is 5.69 Å². The molecule has 0 radical (unpaired) electrons. The molecule has 0 heterocycles. The number of nitro groups is 1. The van der Waals surface area contributed by atoms with Crippen molar-refractivity contribution in [1.82, 2.24) is 0 Å². The number of carbonyl (C=O) groups excluding carboxylic acids is 8. The monoisotopic (exact) mass is 2060 g/mol. The number of aryl methyl sites for hydroxylation is 4. The predicted octanol–water partition coefficient (Wildman–Crippen LogP) is 22.7. The minimum Gasteiger partial charge on any atom is -0.379 e. The number of hydrogen-bond acceptors (Lipinski definition) is 25. The first kappa shape index (κ1) is 127. The van der Waals surface area contributed by atoms with E-state index in [2.05, 4.69) is 55.6 Å². The van der Waals surface area contributed by atoms with Crippen LogP contribution in [0.25, 0.3) is 0 Å². The molecule has 26 heteroatoms. The highest BCUT2D eigenvalue weighted by atomic mass is 32.2. The minimum atomic E-state index is -0.455. The van der Waals surface area contributed by atoms with Gasteiger partial charge in [-0.15, -0.1) is 11.8 Å². The lowest BCUT2D eigenvalue weighted by atomic mass is 10.0. The quantitative estimate of drug-likeness (QED) is 0.0118. The van der Waals surface area contributed by atoms with Gasteiger partial charge in [-0.05, 0) is 216 Å². The Morgan fingerprint density at radius 1 is 0.241 bits per heavy atom. The second kappa shape index (κ2) is 85.0. The van der Waals surface area contributed by atoms with E-state index in [9.17, 15) is 48.5 Å². The first-order valence-corrected chi connectivity index (χ1v) is 54.7. The fraction of sp³-hybridized carbons (Fsp3) is 0.529. The number of thiol groups is 2. The molecule has 0 amide bonds. The Morgan fingerprint density at radius 2 is 0.469 bits per heavy atom.